The van der Waals surface area contributed by atoms with Crippen LogP contribution in [0.25, 0.3) is 5.57 Å². The molecular formula is C20H16ClNO2. The summed E-state index contributed by atoms with van der Waals surface area (Å²) in [5, 5.41) is 12.2. The first kappa shape index (κ1) is 15.2. The second kappa shape index (κ2) is 5.91. The molecule has 3 nitrogen and oxygen atoms in total. The Morgan fingerprint density at radius 1 is 1.04 bits per heavy atom. The average Bonchev–Trinajstić information content (AvgIpc) is 2.61. The van der Waals surface area contributed by atoms with E-state index in [1.54, 1.807) is 6.08 Å². The van der Waals surface area contributed by atoms with Gasteiger partial charge in [0.2, 0.25) is 0 Å². The number of fused-ring (bicyclic) bond motifs is 3. The maximum absolute atomic E-state index is 11.6. The summed E-state index contributed by atoms with van der Waals surface area (Å²) in [6.07, 6.45) is 5.41. The van der Waals surface area contributed by atoms with Gasteiger partial charge in [-0.25, -0.2) is 0 Å². The number of nitrogens with zero attached hydrogens (tertiary/aromatic N) is 1. The molecule has 0 fully saturated rings. The molecule has 0 spiro atoms. The number of nitro groups is 1. The average molecular weight is 338 g/mol. The van der Waals surface area contributed by atoms with Crippen molar-refractivity contribution < 1.29 is 4.92 Å². The van der Waals surface area contributed by atoms with Crippen LogP contribution in [-0.2, 0) is 6.42 Å². The highest BCUT2D eigenvalue weighted by molar-refractivity contribution is 6.31. The molecule has 0 aliphatic heterocycles. The first-order chi connectivity index (χ1) is 11.7. The molecule has 2 aliphatic rings. The fourth-order valence-corrected chi connectivity index (χ4v) is 4.26. The van der Waals surface area contributed by atoms with Crippen molar-refractivity contribution in [3.8, 4) is 0 Å². The number of benzene rings is 2. The molecule has 0 bridgehead atoms. The van der Waals surface area contributed by atoms with Crippen LogP contribution >= 0.6 is 11.6 Å². The van der Waals surface area contributed by atoms with Gasteiger partial charge >= 0.3 is 0 Å². The van der Waals surface area contributed by atoms with Crippen LogP contribution in [0.1, 0.15) is 29.0 Å². The summed E-state index contributed by atoms with van der Waals surface area (Å²) < 4.78 is 0. The Kier molecular flexibility index (Phi) is 3.73. The summed E-state index contributed by atoms with van der Waals surface area (Å²) in [5.41, 5.74) is 4.79. The first-order valence-electron chi connectivity index (χ1n) is 8.05. The zero-order valence-electron chi connectivity index (χ0n) is 13.0. The smallest absolute Gasteiger partial charge is 0.254 e. The van der Waals surface area contributed by atoms with E-state index in [0.29, 0.717) is 5.02 Å². The second-order valence-electron chi connectivity index (χ2n) is 6.27. The van der Waals surface area contributed by atoms with Crippen molar-refractivity contribution in [3.63, 3.8) is 0 Å². The van der Waals surface area contributed by atoms with Crippen molar-refractivity contribution in [2.24, 2.45) is 5.92 Å². The highest BCUT2D eigenvalue weighted by Gasteiger charge is 2.41. The van der Waals surface area contributed by atoms with Crippen molar-refractivity contribution in [2.45, 2.75) is 18.8 Å². The summed E-state index contributed by atoms with van der Waals surface area (Å²) in [4.78, 5) is 11.4. The zero-order chi connectivity index (χ0) is 16.7. The standard InChI is InChI=1S/C20H16ClNO2/c21-18-8-4-3-7-17(18)20-16-10-9-13-5-1-2-6-14(13)15(16)11-12-19(20)22(23)24/h1-8,11-12,16,20H,9-10H2/t16-,20-/m0/s1. The SMILES string of the molecule is O=[N+]([O-])C1=CC=C2c3ccccc3CC[C@@H]2[C@H]1c1ccccc1Cl. The number of hydrogen-bond donors (Lipinski definition) is 0. The van der Waals surface area contributed by atoms with Gasteiger partial charge in [0.15, 0.2) is 0 Å². The molecule has 4 heteroatoms. The van der Waals surface area contributed by atoms with E-state index in [-0.39, 0.29) is 22.5 Å². The van der Waals surface area contributed by atoms with Gasteiger partial charge < -0.3 is 0 Å². The molecule has 4 rings (SSSR count). The molecule has 2 atom stereocenters. The number of hydrogen-bond acceptors (Lipinski definition) is 2. The summed E-state index contributed by atoms with van der Waals surface area (Å²) >= 11 is 6.39. The molecule has 2 aliphatic carbocycles. The van der Waals surface area contributed by atoms with Crippen LogP contribution in [0.4, 0.5) is 0 Å². The predicted molar refractivity (Wildman–Crippen MR) is 95.5 cm³/mol. The number of aryl methyl sites for hydroxylation is 1. The van der Waals surface area contributed by atoms with Gasteiger partial charge in [0.05, 0.1) is 10.8 Å². The highest BCUT2D eigenvalue weighted by Crippen LogP contribution is 2.49. The molecule has 0 amide bonds. The van der Waals surface area contributed by atoms with Gasteiger partial charge in [-0.05, 0) is 41.2 Å². The predicted octanol–water partition coefficient (Wildman–Crippen LogP) is 5.24. The lowest BCUT2D eigenvalue weighted by Crippen LogP contribution is -2.27. The van der Waals surface area contributed by atoms with E-state index < -0.39 is 0 Å². The van der Waals surface area contributed by atoms with Gasteiger partial charge in [-0.2, -0.15) is 0 Å². The molecule has 0 aromatic heterocycles. The Morgan fingerprint density at radius 2 is 1.79 bits per heavy atom. The van der Waals surface area contributed by atoms with E-state index in [1.165, 1.54) is 16.7 Å². The molecule has 0 N–H and O–H groups in total. The topological polar surface area (TPSA) is 43.1 Å². The molecule has 120 valence electrons. The van der Waals surface area contributed by atoms with Gasteiger partial charge in [0, 0.05) is 17.0 Å². The molecule has 24 heavy (non-hydrogen) atoms. The third kappa shape index (κ3) is 2.36. The van der Waals surface area contributed by atoms with Crippen LogP contribution in [0.3, 0.4) is 0 Å². The molecule has 0 heterocycles. The van der Waals surface area contributed by atoms with Gasteiger partial charge in [0.1, 0.15) is 0 Å². The second-order valence-corrected chi connectivity index (χ2v) is 6.68. The van der Waals surface area contributed by atoms with E-state index in [2.05, 4.69) is 12.1 Å². The molecular weight excluding hydrogens is 322 g/mol. The molecule has 0 saturated carbocycles. The summed E-state index contributed by atoms with van der Waals surface area (Å²) in [6.45, 7) is 0. The minimum atomic E-state index is -0.304. The van der Waals surface area contributed by atoms with Crippen LogP contribution in [-0.4, -0.2) is 4.92 Å². The largest absolute Gasteiger partial charge is 0.259 e. The van der Waals surface area contributed by atoms with E-state index in [1.807, 2.05) is 42.5 Å². The Morgan fingerprint density at radius 3 is 2.58 bits per heavy atom. The Labute approximate surface area is 145 Å². The fourth-order valence-electron chi connectivity index (χ4n) is 4.01. The van der Waals surface area contributed by atoms with Gasteiger partial charge in [-0.1, -0.05) is 60.1 Å². The van der Waals surface area contributed by atoms with Crippen LogP contribution in [0, 0.1) is 16.0 Å². The third-order valence-corrected chi connectivity index (χ3v) is 5.40. The first-order valence-corrected chi connectivity index (χ1v) is 8.43. The zero-order valence-corrected chi connectivity index (χ0v) is 13.7. The highest BCUT2D eigenvalue weighted by atomic mass is 35.5. The maximum Gasteiger partial charge on any atom is 0.254 e. The van der Waals surface area contributed by atoms with E-state index >= 15 is 0 Å². The van der Waals surface area contributed by atoms with Crippen LogP contribution in [0.15, 0.2) is 66.4 Å². The molecule has 0 radical (unpaired) electrons. The van der Waals surface area contributed by atoms with Crippen LogP contribution in [0.2, 0.25) is 5.02 Å². The van der Waals surface area contributed by atoms with Crippen LogP contribution < -0.4 is 0 Å². The van der Waals surface area contributed by atoms with E-state index in [4.69, 9.17) is 11.6 Å². The minimum absolute atomic E-state index is 0.0881. The van der Waals surface area contributed by atoms with Gasteiger partial charge in [-0.3, -0.25) is 10.1 Å². The third-order valence-electron chi connectivity index (χ3n) is 5.06. The van der Waals surface area contributed by atoms with E-state index in [0.717, 1.165) is 18.4 Å². The van der Waals surface area contributed by atoms with E-state index in [9.17, 15) is 10.1 Å². The van der Waals surface area contributed by atoms with Crippen LogP contribution in [0.5, 0.6) is 0 Å². The summed E-state index contributed by atoms with van der Waals surface area (Å²) in [7, 11) is 0. The monoisotopic (exact) mass is 337 g/mol. The lowest BCUT2D eigenvalue weighted by Gasteiger charge is -2.35. The Hall–Kier alpha value is -2.39. The quantitative estimate of drug-likeness (QED) is 0.555. The number of allylic oxidation sites excluding steroid dienone is 4. The molecule has 2 aromatic rings. The van der Waals surface area contributed by atoms with Crippen molar-refractivity contribution >= 4 is 17.2 Å². The molecule has 0 unspecified atom stereocenters. The minimum Gasteiger partial charge on any atom is -0.259 e. The Balaban J connectivity index is 1.89. The normalized spacial score (nSPS) is 22.0. The number of rotatable bonds is 2. The van der Waals surface area contributed by atoms with Gasteiger partial charge in [-0.15, -0.1) is 0 Å². The van der Waals surface area contributed by atoms with Crippen molar-refractivity contribution in [3.05, 3.63) is 98.2 Å². The Bertz CT molecular complexity index is 885. The fraction of sp³-hybridized carbons (Fsp3) is 0.200. The van der Waals surface area contributed by atoms with Gasteiger partial charge in [0.25, 0.3) is 5.70 Å². The summed E-state index contributed by atoms with van der Waals surface area (Å²) in [5.74, 6) is -0.216. The lowest BCUT2D eigenvalue weighted by atomic mass is 9.68. The lowest BCUT2D eigenvalue weighted by molar-refractivity contribution is -0.431. The number of halogens is 1. The molecule has 0 saturated heterocycles. The summed E-state index contributed by atoms with van der Waals surface area (Å²) in [6, 6.07) is 15.8. The van der Waals surface area contributed by atoms with Crippen molar-refractivity contribution in [2.75, 3.05) is 0 Å². The van der Waals surface area contributed by atoms with Crippen molar-refractivity contribution in [1.82, 2.24) is 0 Å². The maximum atomic E-state index is 11.6. The molecule has 2 aromatic carbocycles. The van der Waals surface area contributed by atoms with Crippen molar-refractivity contribution in [1.29, 1.82) is 0 Å².